The van der Waals surface area contributed by atoms with Crippen LogP contribution in [0.25, 0.3) is 0 Å². The molecule has 7 nitrogen and oxygen atoms in total. The lowest BCUT2D eigenvalue weighted by Gasteiger charge is -2.19. The standard InChI is InChI=1S/C14H18ClN5O2S/c1-20-7-10(15)11(19-20)6-16-13(21)18-14-17-12(8-23-14)9-2-4-22-5-3-9/h7-9H,2-6H2,1H3,(H2,16,17,18,21). The zero-order valence-electron chi connectivity index (χ0n) is 12.7. The van der Waals surface area contributed by atoms with Crippen molar-refractivity contribution in [3.05, 3.63) is 28.0 Å². The Bertz CT molecular complexity index is 681. The summed E-state index contributed by atoms with van der Waals surface area (Å²) in [6.07, 6.45) is 3.65. The predicted molar refractivity (Wildman–Crippen MR) is 89.0 cm³/mol. The molecule has 1 aliphatic heterocycles. The topological polar surface area (TPSA) is 81.1 Å². The van der Waals surface area contributed by atoms with Crippen LogP contribution in [0.4, 0.5) is 9.93 Å². The van der Waals surface area contributed by atoms with E-state index in [9.17, 15) is 4.79 Å². The number of aromatic nitrogens is 3. The highest BCUT2D eigenvalue weighted by atomic mass is 35.5. The molecule has 2 aromatic heterocycles. The first-order chi connectivity index (χ1) is 11.1. The Morgan fingerprint density at radius 1 is 1.52 bits per heavy atom. The summed E-state index contributed by atoms with van der Waals surface area (Å²) in [5.74, 6) is 0.422. The van der Waals surface area contributed by atoms with Gasteiger partial charge in [0.25, 0.3) is 0 Å². The van der Waals surface area contributed by atoms with Crippen molar-refractivity contribution in [2.75, 3.05) is 18.5 Å². The number of thiazole rings is 1. The second-order valence-electron chi connectivity index (χ2n) is 5.37. The second kappa shape index (κ2) is 7.29. The van der Waals surface area contributed by atoms with E-state index in [0.717, 1.165) is 31.7 Å². The zero-order chi connectivity index (χ0) is 16.2. The second-order valence-corrected chi connectivity index (χ2v) is 6.63. The summed E-state index contributed by atoms with van der Waals surface area (Å²) < 4.78 is 6.96. The van der Waals surface area contributed by atoms with Gasteiger partial charge >= 0.3 is 6.03 Å². The number of halogens is 1. The first kappa shape index (κ1) is 16.2. The first-order valence-electron chi connectivity index (χ1n) is 7.38. The third-order valence-corrected chi connectivity index (χ3v) is 4.74. The van der Waals surface area contributed by atoms with Crippen molar-refractivity contribution >= 4 is 34.1 Å². The third kappa shape index (κ3) is 4.21. The van der Waals surface area contributed by atoms with Crippen molar-refractivity contribution in [2.45, 2.75) is 25.3 Å². The summed E-state index contributed by atoms with van der Waals surface area (Å²) in [6.45, 7) is 1.82. The smallest absolute Gasteiger partial charge is 0.321 e. The largest absolute Gasteiger partial charge is 0.381 e. The first-order valence-corrected chi connectivity index (χ1v) is 8.63. The number of ether oxygens (including phenoxy) is 1. The van der Waals surface area contributed by atoms with Crippen LogP contribution in [0.2, 0.25) is 5.02 Å². The highest BCUT2D eigenvalue weighted by molar-refractivity contribution is 7.13. The van der Waals surface area contributed by atoms with Gasteiger partial charge < -0.3 is 10.1 Å². The van der Waals surface area contributed by atoms with Gasteiger partial charge in [-0.25, -0.2) is 9.78 Å². The van der Waals surface area contributed by atoms with E-state index in [1.54, 1.807) is 17.9 Å². The van der Waals surface area contributed by atoms with Gasteiger partial charge in [-0.1, -0.05) is 11.6 Å². The fourth-order valence-corrected chi connectivity index (χ4v) is 3.49. The van der Waals surface area contributed by atoms with E-state index in [4.69, 9.17) is 16.3 Å². The number of hydrogen-bond acceptors (Lipinski definition) is 5. The molecule has 0 aromatic carbocycles. The Kier molecular flexibility index (Phi) is 5.14. The minimum atomic E-state index is -0.320. The molecule has 0 unspecified atom stereocenters. The van der Waals surface area contributed by atoms with Gasteiger partial charge in [-0.2, -0.15) is 5.10 Å². The molecule has 1 fully saturated rings. The van der Waals surface area contributed by atoms with E-state index in [1.807, 2.05) is 5.38 Å². The molecule has 0 atom stereocenters. The summed E-state index contributed by atoms with van der Waals surface area (Å²) in [7, 11) is 1.78. The molecule has 3 rings (SSSR count). The van der Waals surface area contributed by atoms with E-state index in [1.165, 1.54) is 11.3 Å². The lowest BCUT2D eigenvalue weighted by atomic mass is 9.98. The summed E-state index contributed by atoms with van der Waals surface area (Å²) in [4.78, 5) is 16.4. The molecule has 2 N–H and O–H groups in total. The summed E-state index contributed by atoms with van der Waals surface area (Å²) in [6, 6.07) is -0.320. The van der Waals surface area contributed by atoms with Crippen LogP contribution in [0.15, 0.2) is 11.6 Å². The number of amides is 2. The van der Waals surface area contributed by atoms with E-state index in [0.29, 0.717) is 21.8 Å². The zero-order valence-corrected chi connectivity index (χ0v) is 14.3. The molecule has 0 spiro atoms. The predicted octanol–water partition coefficient (Wildman–Crippen LogP) is 2.75. The van der Waals surface area contributed by atoms with Crippen LogP contribution in [0, 0.1) is 0 Å². The molecule has 1 aliphatic rings. The Labute approximate surface area is 143 Å². The van der Waals surface area contributed by atoms with E-state index >= 15 is 0 Å². The van der Waals surface area contributed by atoms with Gasteiger partial charge in [0.15, 0.2) is 5.13 Å². The van der Waals surface area contributed by atoms with Crippen molar-refractivity contribution in [2.24, 2.45) is 7.05 Å². The van der Waals surface area contributed by atoms with Crippen LogP contribution in [-0.2, 0) is 18.3 Å². The fraction of sp³-hybridized carbons (Fsp3) is 0.500. The molecule has 2 amide bonds. The normalized spacial score (nSPS) is 15.6. The molecule has 0 radical (unpaired) electrons. The van der Waals surface area contributed by atoms with Crippen LogP contribution in [-0.4, -0.2) is 34.0 Å². The quantitative estimate of drug-likeness (QED) is 0.883. The molecule has 1 saturated heterocycles. The van der Waals surface area contributed by atoms with Crippen molar-refractivity contribution in [3.63, 3.8) is 0 Å². The molecule has 9 heteroatoms. The Morgan fingerprint density at radius 3 is 3.00 bits per heavy atom. The van der Waals surface area contributed by atoms with Crippen LogP contribution >= 0.6 is 22.9 Å². The third-order valence-electron chi connectivity index (χ3n) is 3.65. The van der Waals surface area contributed by atoms with Crippen molar-refractivity contribution < 1.29 is 9.53 Å². The van der Waals surface area contributed by atoms with Gasteiger partial charge in [-0.15, -0.1) is 11.3 Å². The van der Waals surface area contributed by atoms with Crippen LogP contribution in [0.3, 0.4) is 0 Å². The van der Waals surface area contributed by atoms with Gasteiger partial charge in [0.05, 0.1) is 17.3 Å². The van der Waals surface area contributed by atoms with Gasteiger partial charge in [0, 0.05) is 37.8 Å². The highest BCUT2D eigenvalue weighted by Gasteiger charge is 2.19. The highest BCUT2D eigenvalue weighted by Crippen LogP contribution is 2.29. The van der Waals surface area contributed by atoms with Crippen molar-refractivity contribution in [1.29, 1.82) is 0 Å². The van der Waals surface area contributed by atoms with Crippen molar-refractivity contribution in [3.8, 4) is 0 Å². The molecule has 23 heavy (non-hydrogen) atoms. The molecule has 2 aromatic rings. The summed E-state index contributed by atoms with van der Waals surface area (Å²) in [5.41, 5.74) is 1.66. The molecule has 124 valence electrons. The SMILES string of the molecule is Cn1cc(Cl)c(CNC(=O)Nc2nc(C3CCOCC3)cs2)n1. The number of carbonyl (C=O) groups is 1. The molecule has 0 aliphatic carbocycles. The minimum absolute atomic E-state index is 0.268. The summed E-state index contributed by atoms with van der Waals surface area (Å²) >= 11 is 7.43. The van der Waals surface area contributed by atoms with Gasteiger partial charge in [0.1, 0.15) is 5.69 Å². The maximum absolute atomic E-state index is 11.9. The monoisotopic (exact) mass is 355 g/mol. The van der Waals surface area contributed by atoms with Gasteiger partial charge in [-0.3, -0.25) is 10.00 Å². The average molecular weight is 356 g/mol. The lowest BCUT2D eigenvalue weighted by molar-refractivity contribution is 0.0846. The number of hydrogen-bond donors (Lipinski definition) is 2. The van der Waals surface area contributed by atoms with E-state index < -0.39 is 0 Å². The van der Waals surface area contributed by atoms with Crippen LogP contribution in [0.5, 0.6) is 0 Å². The maximum Gasteiger partial charge on any atom is 0.321 e. The number of urea groups is 1. The minimum Gasteiger partial charge on any atom is -0.381 e. The van der Waals surface area contributed by atoms with Crippen molar-refractivity contribution in [1.82, 2.24) is 20.1 Å². The van der Waals surface area contributed by atoms with Gasteiger partial charge in [-0.05, 0) is 12.8 Å². The lowest BCUT2D eigenvalue weighted by Crippen LogP contribution is -2.28. The Morgan fingerprint density at radius 2 is 2.30 bits per heavy atom. The molecule has 0 bridgehead atoms. The fourth-order valence-electron chi connectivity index (χ4n) is 2.46. The number of carbonyl (C=O) groups excluding carboxylic acids is 1. The van der Waals surface area contributed by atoms with E-state index in [2.05, 4.69) is 20.7 Å². The molecular formula is C14H18ClN5O2S. The Balaban J connectivity index is 1.51. The average Bonchev–Trinajstić information content (AvgIpc) is 3.12. The molecular weight excluding hydrogens is 338 g/mol. The molecule has 0 saturated carbocycles. The number of nitrogens with zero attached hydrogens (tertiary/aromatic N) is 3. The number of nitrogens with one attached hydrogen (secondary N) is 2. The van der Waals surface area contributed by atoms with Crippen LogP contribution in [0.1, 0.15) is 30.1 Å². The maximum atomic E-state index is 11.9. The Hall–Kier alpha value is -1.64. The van der Waals surface area contributed by atoms with E-state index in [-0.39, 0.29) is 12.6 Å². The number of aryl methyl sites for hydroxylation is 1. The van der Waals surface area contributed by atoms with Crippen LogP contribution < -0.4 is 10.6 Å². The molecule has 3 heterocycles. The van der Waals surface area contributed by atoms with Gasteiger partial charge in [0.2, 0.25) is 0 Å². The number of rotatable bonds is 4. The summed E-state index contributed by atoms with van der Waals surface area (Å²) in [5, 5.41) is 12.8. The number of anilines is 1.